The SMILES string of the molecule is CCOc1ccc(N=C2NC(=O)/C(=C\c3cc(OCC)c(O)c(Br)c3Br)S2)cc1. The first-order chi connectivity index (χ1) is 13.9. The summed E-state index contributed by atoms with van der Waals surface area (Å²) >= 11 is 8.02. The summed E-state index contributed by atoms with van der Waals surface area (Å²) in [4.78, 5) is 17.3. The van der Waals surface area contributed by atoms with E-state index in [2.05, 4.69) is 42.2 Å². The summed E-state index contributed by atoms with van der Waals surface area (Å²) in [7, 11) is 0. The Labute approximate surface area is 189 Å². The molecule has 9 heteroatoms. The van der Waals surface area contributed by atoms with E-state index >= 15 is 0 Å². The molecular weight excluding hydrogens is 524 g/mol. The number of aromatic hydroxyl groups is 1. The molecule has 0 atom stereocenters. The van der Waals surface area contributed by atoms with Gasteiger partial charge in [-0.25, -0.2) is 4.99 Å². The van der Waals surface area contributed by atoms with Crippen molar-refractivity contribution < 1.29 is 19.4 Å². The number of phenols is 1. The van der Waals surface area contributed by atoms with Crippen molar-refractivity contribution in [1.29, 1.82) is 0 Å². The summed E-state index contributed by atoms with van der Waals surface area (Å²) in [6, 6.07) is 9.00. The highest BCUT2D eigenvalue weighted by molar-refractivity contribution is 9.13. The predicted octanol–water partition coefficient (Wildman–Crippen LogP) is 5.61. The Bertz CT molecular complexity index is 991. The largest absolute Gasteiger partial charge is 0.503 e. The van der Waals surface area contributed by atoms with Crippen LogP contribution in [0, 0.1) is 0 Å². The van der Waals surface area contributed by atoms with Crippen LogP contribution in [-0.4, -0.2) is 29.4 Å². The topological polar surface area (TPSA) is 80.2 Å². The Hall–Kier alpha value is -1.97. The van der Waals surface area contributed by atoms with Gasteiger partial charge in [-0.2, -0.15) is 0 Å². The molecule has 2 N–H and O–H groups in total. The van der Waals surface area contributed by atoms with Gasteiger partial charge in [0.15, 0.2) is 16.7 Å². The number of nitrogens with one attached hydrogen (secondary N) is 1. The fourth-order valence-corrected chi connectivity index (χ4v) is 4.18. The number of benzene rings is 2. The second-order valence-corrected chi connectivity index (χ2v) is 8.40. The van der Waals surface area contributed by atoms with E-state index in [-0.39, 0.29) is 11.7 Å². The summed E-state index contributed by atoms with van der Waals surface area (Å²) < 4.78 is 12.0. The van der Waals surface area contributed by atoms with Crippen molar-refractivity contribution in [2.75, 3.05) is 13.2 Å². The van der Waals surface area contributed by atoms with Crippen molar-refractivity contribution in [1.82, 2.24) is 5.32 Å². The minimum atomic E-state index is -0.242. The van der Waals surface area contributed by atoms with Gasteiger partial charge >= 0.3 is 0 Å². The van der Waals surface area contributed by atoms with Gasteiger partial charge in [0, 0.05) is 4.47 Å². The number of hydrogen-bond acceptors (Lipinski definition) is 6. The van der Waals surface area contributed by atoms with Crippen LogP contribution in [0.5, 0.6) is 17.2 Å². The van der Waals surface area contributed by atoms with E-state index in [0.717, 1.165) is 5.75 Å². The van der Waals surface area contributed by atoms with Crippen LogP contribution in [0.25, 0.3) is 6.08 Å². The van der Waals surface area contributed by atoms with Crippen molar-refractivity contribution in [3.05, 3.63) is 49.7 Å². The number of thioether (sulfide) groups is 1. The molecule has 0 aliphatic carbocycles. The molecule has 1 fully saturated rings. The number of hydrogen-bond donors (Lipinski definition) is 2. The Morgan fingerprint density at radius 2 is 1.83 bits per heavy atom. The summed E-state index contributed by atoms with van der Waals surface area (Å²) in [5, 5.41) is 13.4. The minimum Gasteiger partial charge on any atom is -0.503 e. The molecule has 0 radical (unpaired) electrons. The van der Waals surface area contributed by atoms with Gasteiger partial charge in [0.25, 0.3) is 5.91 Å². The lowest BCUT2D eigenvalue weighted by Crippen LogP contribution is -2.19. The van der Waals surface area contributed by atoms with E-state index in [9.17, 15) is 9.90 Å². The molecule has 2 aromatic carbocycles. The summed E-state index contributed by atoms with van der Waals surface area (Å²) in [6.45, 7) is 4.76. The van der Waals surface area contributed by atoms with E-state index in [1.54, 1.807) is 12.1 Å². The molecule has 29 heavy (non-hydrogen) atoms. The summed E-state index contributed by atoms with van der Waals surface area (Å²) in [6.07, 6.45) is 1.72. The monoisotopic (exact) mass is 540 g/mol. The first-order valence-corrected chi connectivity index (χ1v) is 11.2. The number of amidine groups is 1. The number of rotatable bonds is 6. The molecule has 0 aromatic heterocycles. The molecule has 2 aromatic rings. The Morgan fingerprint density at radius 3 is 2.48 bits per heavy atom. The number of amides is 1. The maximum Gasteiger partial charge on any atom is 0.264 e. The van der Waals surface area contributed by atoms with Gasteiger partial charge in [0.05, 0.1) is 28.3 Å². The molecule has 1 heterocycles. The quantitative estimate of drug-likeness (QED) is 0.465. The molecule has 1 aliphatic heterocycles. The van der Waals surface area contributed by atoms with Gasteiger partial charge in [-0.05, 0) is 99.4 Å². The lowest BCUT2D eigenvalue weighted by Gasteiger charge is -2.11. The molecule has 1 amide bonds. The van der Waals surface area contributed by atoms with Crippen LogP contribution in [0.4, 0.5) is 5.69 Å². The highest BCUT2D eigenvalue weighted by Crippen LogP contribution is 2.43. The van der Waals surface area contributed by atoms with E-state index in [1.807, 2.05) is 38.1 Å². The van der Waals surface area contributed by atoms with Crippen LogP contribution in [0.2, 0.25) is 0 Å². The van der Waals surface area contributed by atoms with E-state index in [0.29, 0.717) is 49.2 Å². The van der Waals surface area contributed by atoms with Gasteiger partial charge in [0.2, 0.25) is 0 Å². The van der Waals surface area contributed by atoms with Gasteiger partial charge < -0.3 is 19.9 Å². The van der Waals surface area contributed by atoms with E-state index < -0.39 is 0 Å². The fraction of sp³-hybridized carbons (Fsp3) is 0.200. The van der Waals surface area contributed by atoms with Crippen LogP contribution in [0.15, 0.2) is 49.2 Å². The lowest BCUT2D eigenvalue weighted by atomic mass is 10.2. The van der Waals surface area contributed by atoms with E-state index in [1.165, 1.54) is 11.8 Å². The third-order valence-corrected chi connectivity index (χ3v) is 6.86. The second kappa shape index (κ2) is 9.69. The average Bonchev–Trinajstić information content (AvgIpc) is 3.04. The number of carbonyl (C=O) groups excluding carboxylic acids is 1. The smallest absolute Gasteiger partial charge is 0.264 e. The summed E-state index contributed by atoms with van der Waals surface area (Å²) in [5.74, 6) is 0.866. The Balaban J connectivity index is 1.86. The van der Waals surface area contributed by atoms with Gasteiger partial charge in [-0.15, -0.1) is 0 Å². The molecule has 0 saturated carbocycles. The van der Waals surface area contributed by atoms with Gasteiger partial charge in [-0.3, -0.25) is 4.79 Å². The van der Waals surface area contributed by atoms with Crippen molar-refractivity contribution >= 4 is 66.5 Å². The number of ether oxygens (including phenoxy) is 2. The molecule has 6 nitrogen and oxygen atoms in total. The van der Waals surface area contributed by atoms with Gasteiger partial charge in [-0.1, -0.05) is 0 Å². The number of carbonyl (C=O) groups is 1. The van der Waals surface area contributed by atoms with Crippen LogP contribution >= 0.6 is 43.6 Å². The Kier molecular flexibility index (Phi) is 7.26. The second-order valence-electron chi connectivity index (χ2n) is 5.78. The first-order valence-electron chi connectivity index (χ1n) is 8.79. The third kappa shape index (κ3) is 5.15. The predicted molar refractivity (Wildman–Crippen MR) is 123 cm³/mol. The maximum absolute atomic E-state index is 12.4. The van der Waals surface area contributed by atoms with Crippen LogP contribution < -0.4 is 14.8 Å². The zero-order chi connectivity index (χ0) is 21.0. The molecule has 0 bridgehead atoms. The molecule has 152 valence electrons. The molecule has 3 rings (SSSR count). The van der Waals surface area contributed by atoms with Gasteiger partial charge in [0.1, 0.15) is 5.75 Å². The molecular formula is C20H18Br2N2O4S. The lowest BCUT2D eigenvalue weighted by molar-refractivity contribution is -0.115. The van der Waals surface area contributed by atoms with Crippen molar-refractivity contribution in [3.8, 4) is 17.2 Å². The molecule has 1 saturated heterocycles. The zero-order valence-corrected chi connectivity index (χ0v) is 19.7. The normalized spacial score (nSPS) is 16.3. The number of aliphatic imine (C=N–C) groups is 1. The molecule has 1 aliphatic rings. The van der Waals surface area contributed by atoms with Crippen molar-refractivity contribution in [3.63, 3.8) is 0 Å². The van der Waals surface area contributed by atoms with E-state index in [4.69, 9.17) is 9.47 Å². The first kappa shape index (κ1) is 21.7. The number of halogens is 2. The zero-order valence-electron chi connectivity index (χ0n) is 15.7. The summed E-state index contributed by atoms with van der Waals surface area (Å²) in [5.41, 5.74) is 1.41. The Morgan fingerprint density at radius 1 is 1.14 bits per heavy atom. The van der Waals surface area contributed by atoms with Crippen LogP contribution in [0.3, 0.4) is 0 Å². The highest BCUT2D eigenvalue weighted by atomic mass is 79.9. The van der Waals surface area contributed by atoms with Crippen molar-refractivity contribution in [2.45, 2.75) is 13.8 Å². The fourth-order valence-electron chi connectivity index (χ4n) is 2.50. The molecule has 0 unspecified atom stereocenters. The minimum absolute atomic E-state index is 0.00199. The van der Waals surface area contributed by atoms with Crippen LogP contribution in [0.1, 0.15) is 19.4 Å². The number of phenolic OH excluding ortho intramolecular Hbond substituents is 1. The van der Waals surface area contributed by atoms with Crippen molar-refractivity contribution in [2.24, 2.45) is 4.99 Å². The highest BCUT2D eigenvalue weighted by Gasteiger charge is 2.25. The third-order valence-electron chi connectivity index (χ3n) is 3.79. The standard InChI is InChI=1S/C20H18Br2N2O4S/c1-3-27-13-7-5-12(6-8-13)23-20-24-19(26)15(29-20)10-11-9-14(28-4-2)18(25)17(22)16(11)21/h5-10,25H,3-4H2,1-2H3,(H,23,24,26)/b15-10+. The molecule has 0 spiro atoms. The average molecular weight is 542 g/mol. The number of nitrogens with zero attached hydrogens (tertiary/aromatic N) is 1. The maximum atomic E-state index is 12.4. The van der Waals surface area contributed by atoms with Crippen LogP contribution in [-0.2, 0) is 4.79 Å².